The molecule has 2 aromatic carbocycles. The number of halogens is 1. The summed E-state index contributed by atoms with van der Waals surface area (Å²) in [6.07, 6.45) is 0. The Morgan fingerprint density at radius 2 is 1.82 bits per heavy atom. The summed E-state index contributed by atoms with van der Waals surface area (Å²) in [7, 11) is 0. The number of aromatic nitrogens is 2. The standard InChI is InChI=1S/C21H23BrN4OS/c1-4-27-19-8-6-5-7-18(19)23-21(28)24-20-14(2)25-26(15(20)3)13-16-9-11-17(22)12-10-16/h5-12H,4,13H2,1-3H3,(H2,23,24,28). The van der Waals surface area contributed by atoms with Crippen LogP contribution < -0.4 is 15.4 Å². The van der Waals surface area contributed by atoms with Crippen LogP contribution in [0.5, 0.6) is 5.75 Å². The summed E-state index contributed by atoms with van der Waals surface area (Å²) in [5, 5.41) is 11.7. The van der Waals surface area contributed by atoms with Crippen LogP contribution in [0.25, 0.3) is 0 Å². The lowest BCUT2D eigenvalue weighted by Gasteiger charge is -2.14. The lowest BCUT2D eigenvalue weighted by molar-refractivity contribution is 0.342. The van der Waals surface area contributed by atoms with Gasteiger partial charge in [0.1, 0.15) is 5.75 Å². The van der Waals surface area contributed by atoms with E-state index in [1.807, 2.05) is 61.9 Å². The predicted molar refractivity (Wildman–Crippen MR) is 122 cm³/mol. The van der Waals surface area contributed by atoms with Crippen molar-refractivity contribution in [3.05, 3.63) is 70.0 Å². The van der Waals surface area contributed by atoms with E-state index in [4.69, 9.17) is 17.0 Å². The minimum atomic E-state index is 0.501. The molecule has 28 heavy (non-hydrogen) atoms. The van der Waals surface area contributed by atoms with Gasteiger partial charge in [-0.15, -0.1) is 0 Å². The minimum absolute atomic E-state index is 0.501. The molecule has 2 N–H and O–H groups in total. The Bertz CT molecular complexity index is 969. The zero-order valence-electron chi connectivity index (χ0n) is 16.1. The first-order chi connectivity index (χ1) is 13.5. The third-order valence-electron chi connectivity index (χ3n) is 4.30. The van der Waals surface area contributed by atoms with Gasteiger partial charge >= 0.3 is 0 Å². The van der Waals surface area contributed by atoms with Crippen molar-refractivity contribution in [2.24, 2.45) is 0 Å². The largest absolute Gasteiger partial charge is 0.492 e. The van der Waals surface area contributed by atoms with E-state index in [2.05, 4.69) is 43.8 Å². The number of rotatable bonds is 6. The van der Waals surface area contributed by atoms with Gasteiger partial charge in [0.2, 0.25) is 0 Å². The van der Waals surface area contributed by atoms with Crippen molar-refractivity contribution in [1.29, 1.82) is 0 Å². The molecule has 0 saturated carbocycles. The highest BCUT2D eigenvalue weighted by Crippen LogP contribution is 2.25. The number of aryl methyl sites for hydroxylation is 1. The maximum atomic E-state index is 5.64. The monoisotopic (exact) mass is 458 g/mol. The van der Waals surface area contributed by atoms with Gasteiger partial charge < -0.3 is 15.4 Å². The number of benzene rings is 2. The predicted octanol–water partition coefficient (Wildman–Crippen LogP) is 5.52. The lowest BCUT2D eigenvalue weighted by atomic mass is 10.2. The number of anilines is 2. The molecule has 0 fully saturated rings. The Labute approximate surface area is 179 Å². The molecule has 0 atom stereocenters. The number of hydrogen-bond donors (Lipinski definition) is 2. The van der Waals surface area contributed by atoms with Crippen molar-refractivity contribution in [2.75, 3.05) is 17.2 Å². The summed E-state index contributed by atoms with van der Waals surface area (Å²) in [6.45, 7) is 7.27. The van der Waals surface area contributed by atoms with Crippen LogP contribution in [-0.2, 0) is 6.54 Å². The molecular weight excluding hydrogens is 436 g/mol. The van der Waals surface area contributed by atoms with Gasteiger partial charge in [0.05, 0.1) is 35.9 Å². The van der Waals surface area contributed by atoms with Crippen LogP contribution in [0.15, 0.2) is 53.0 Å². The third kappa shape index (κ3) is 4.91. The zero-order valence-corrected chi connectivity index (χ0v) is 18.5. The van der Waals surface area contributed by atoms with Crippen LogP contribution in [0.2, 0.25) is 0 Å². The molecule has 0 aliphatic rings. The van der Waals surface area contributed by atoms with E-state index in [0.717, 1.165) is 33.0 Å². The van der Waals surface area contributed by atoms with Crippen LogP contribution in [-0.4, -0.2) is 21.5 Å². The van der Waals surface area contributed by atoms with Gasteiger partial charge in [0.15, 0.2) is 5.11 Å². The van der Waals surface area contributed by atoms with E-state index in [0.29, 0.717) is 18.3 Å². The maximum Gasteiger partial charge on any atom is 0.175 e. The minimum Gasteiger partial charge on any atom is -0.492 e. The van der Waals surface area contributed by atoms with E-state index < -0.39 is 0 Å². The summed E-state index contributed by atoms with van der Waals surface area (Å²) >= 11 is 8.98. The van der Waals surface area contributed by atoms with Gasteiger partial charge in [-0.3, -0.25) is 4.68 Å². The van der Waals surface area contributed by atoms with E-state index in [-0.39, 0.29) is 0 Å². The lowest BCUT2D eigenvalue weighted by Crippen LogP contribution is -2.20. The van der Waals surface area contributed by atoms with E-state index in [1.165, 1.54) is 5.56 Å². The number of thiocarbonyl (C=S) groups is 1. The van der Waals surface area contributed by atoms with Gasteiger partial charge in [-0.05, 0) is 62.8 Å². The first-order valence-electron chi connectivity index (χ1n) is 9.06. The molecule has 146 valence electrons. The molecule has 5 nitrogen and oxygen atoms in total. The van der Waals surface area contributed by atoms with E-state index >= 15 is 0 Å². The topological polar surface area (TPSA) is 51.1 Å². The van der Waals surface area contributed by atoms with Crippen LogP contribution in [0.1, 0.15) is 23.9 Å². The summed E-state index contributed by atoms with van der Waals surface area (Å²) in [6, 6.07) is 16.0. The first-order valence-corrected chi connectivity index (χ1v) is 10.3. The molecule has 3 rings (SSSR count). The van der Waals surface area contributed by atoms with Gasteiger partial charge in [-0.25, -0.2) is 0 Å². The highest BCUT2D eigenvalue weighted by molar-refractivity contribution is 9.10. The molecule has 7 heteroatoms. The summed E-state index contributed by atoms with van der Waals surface area (Å²) in [5.41, 5.74) is 4.87. The normalized spacial score (nSPS) is 10.6. The summed E-state index contributed by atoms with van der Waals surface area (Å²) in [5.74, 6) is 0.772. The smallest absolute Gasteiger partial charge is 0.175 e. The highest BCUT2D eigenvalue weighted by atomic mass is 79.9. The number of para-hydroxylation sites is 2. The molecule has 0 spiro atoms. The molecule has 0 aliphatic heterocycles. The Kier molecular flexibility index (Phi) is 6.70. The van der Waals surface area contributed by atoms with Crippen molar-refractivity contribution in [3.8, 4) is 5.75 Å². The molecule has 0 unspecified atom stereocenters. The van der Waals surface area contributed by atoms with Gasteiger partial charge in [0, 0.05) is 4.47 Å². The van der Waals surface area contributed by atoms with Crippen molar-refractivity contribution in [1.82, 2.24) is 9.78 Å². The fourth-order valence-corrected chi connectivity index (χ4v) is 3.39. The van der Waals surface area contributed by atoms with Crippen molar-refractivity contribution in [3.63, 3.8) is 0 Å². The quantitative estimate of drug-likeness (QED) is 0.476. The second-order valence-electron chi connectivity index (χ2n) is 6.34. The highest BCUT2D eigenvalue weighted by Gasteiger charge is 2.14. The second-order valence-corrected chi connectivity index (χ2v) is 7.66. The summed E-state index contributed by atoms with van der Waals surface area (Å²) < 4.78 is 8.69. The van der Waals surface area contributed by atoms with Crippen LogP contribution in [0.4, 0.5) is 11.4 Å². The van der Waals surface area contributed by atoms with Gasteiger partial charge in [-0.2, -0.15) is 5.10 Å². The van der Waals surface area contributed by atoms with Gasteiger partial charge in [0.25, 0.3) is 0 Å². The average Bonchev–Trinajstić information content (AvgIpc) is 2.93. The number of nitrogens with zero attached hydrogens (tertiary/aromatic N) is 2. The van der Waals surface area contributed by atoms with Crippen LogP contribution in [0.3, 0.4) is 0 Å². The number of hydrogen-bond acceptors (Lipinski definition) is 3. The van der Waals surface area contributed by atoms with Crippen LogP contribution in [0, 0.1) is 13.8 Å². The molecule has 0 saturated heterocycles. The molecule has 3 aromatic rings. The summed E-state index contributed by atoms with van der Waals surface area (Å²) in [4.78, 5) is 0. The van der Waals surface area contributed by atoms with Crippen molar-refractivity contribution >= 4 is 44.6 Å². The van der Waals surface area contributed by atoms with Gasteiger partial charge in [-0.1, -0.05) is 40.2 Å². The second kappa shape index (κ2) is 9.21. The van der Waals surface area contributed by atoms with E-state index in [1.54, 1.807) is 0 Å². The van der Waals surface area contributed by atoms with Crippen molar-refractivity contribution < 1.29 is 4.74 Å². The molecular formula is C21H23BrN4OS. The molecule has 0 radical (unpaired) electrons. The Morgan fingerprint density at radius 1 is 1.11 bits per heavy atom. The third-order valence-corrected chi connectivity index (χ3v) is 5.03. The van der Waals surface area contributed by atoms with Crippen molar-refractivity contribution in [2.45, 2.75) is 27.3 Å². The fourth-order valence-electron chi connectivity index (χ4n) is 2.91. The zero-order chi connectivity index (χ0) is 20.1. The molecule has 0 amide bonds. The SMILES string of the molecule is CCOc1ccccc1NC(=S)Nc1c(C)nn(Cc2ccc(Br)cc2)c1C. The average molecular weight is 459 g/mol. The Hall–Kier alpha value is -2.38. The number of ether oxygens (including phenoxy) is 1. The van der Waals surface area contributed by atoms with Crippen LogP contribution >= 0.6 is 28.1 Å². The Morgan fingerprint density at radius 3 is 2.54 bits per heavy atom. The molecule has 1 aromatic heterocycles. The molecule has 0 bridgehead atoms. The fraction of sp³-hybridized carbons (Fsp3) is 0.238. The maximum absolute atomic E-state index is 5.64. The first kappa shape index (κ1) is 20.4. The Balaban J connectivity index is 1.73. The number of nitrogens with one attached hydrogen (secondary N) is 2. The molecule has 0 aliphatic carbocycles. The molecule has 1 heterocycles. The van der Waals surface area contributed by atoms with E-state index in [9.17, 15) is 0 Å².